The molecule has 0 aliphatic carbocycles. The molecule has 0 fully saturated rings. The minimum atomic E-state index is -0.830. The van der Waals surface area contributed by atoms with E-state index in [0.29, 0.717) is 35.7 Å². The van der Waals surface area contributed by atoms with Crippen molar-refractivity contribution < 1.29 is 19.4 Å². The number of nitrogens with zero attached hydrogens (tertiary/aromatic N) is 4. The number of methoxy groups -OCH3 is 1. The lowest BCUT2D eigenvalue weighted by Crippen LogP contribution is -2.18. The van der Waals surface area contributed by atoms with Gasteiger partial charge in [0.1, 0.15) is 0 Å². The zero-order valence-corrected chi connectivity index (χ0v) is 35.4. The summed E-state index contributed by atoms with van der Waals surface area (Å²) in [6, 6.07) is 36.5. The Morgan fingerprint density at radius 2 is 1.03 bits per heavy atom. The number of aromatic nitrogens is 4. The first kappa shape index (κ1) is 41.1. The lowest BCUT2D eigenvalue weighted by molar-refractivity contribution is -0.142. The topological polar surface area (TPSA) is 115 Å². The number of carboxylic acids is 1. The molecule has 2 unspecified atom stereocenters. The van der Waals surface area contributed by atoms with Gasteiger partial charge in [-0.25, -0.2) is 19.9 Å². The third-order valence-electron chi connectivity index (χ3n) is 10.4. The van der Waals surface area contributed by atoms with Gasteiger partial charge >= 0.3 is 11.9 Å². The van der Waals surface area contributed by atoms with E-state index in [2.05, 4.69) is 60.1 Å². The number of rotatable bonds is 12. The van der Waals surface area contributed by atoms with E-state index in [-0.39, 0.29) is 5.97 Å². The Morgan fingerprint density at radius 1 is 0.593 bits per heavy atom. The van der Waals surface area contributed by atoms with Gasteiger partial charge in [-0.05, 0) is 84.6 Å². The lowest BCUT2D eigenvalue weighted by atomic mass is 9.89. The first-order valence-electron chi connectivity index (χ1n) is 19.8. The number of ether oxygens (including phenoxy) is 1. The second kappa shape index (κ2) is 18.7. The average molecular weight is 819 g/mol. The van der Waals surface area contributed by atoms with Gasteiger partial charge in [-0.3, -0.25) is 9.59 Å². The van der Waals surface area contributed by atoms with Crippen LogP contribution in [0, 0.1) is 13.8 Å². The van der Waals surface area contributed by atoms with Crippen molar-refractivity contribution in [3.8, 4) is 45.3 Å². The van der Waals surface area contributed by atoms with Crippen LogP contribution in [0.25, 0.3) is 65.5 Å². The van der Waals surface area contributed by atoms with E-state index in [1.165, 1.54) is 21.9 Å². The van der Waals surface area contributed by atoms with Crippen molar-refractivity contribution in [2.24, 2.45) is 0 Å². The maximum Gasteiger partial charge on any atom is 0.313 e. The molecule has 0 saturated carbocycles. The molecule has 0 saturated heterocycles. The quantitative estimate of drug-likeness (QED) is 0.121. The Balaban J connectivity index is 0.000000179. The minimum absolute atomic E-state index is 0.242. The maximum absolute atomic E-state index is 12.7. The van der Waals surface area contributed by atoms with Crippen LogP contribution in [-0.4, -0.2) is 44.1 Å². The minimum Gasteiger partial charge on any atom is -0.481 e. The molecular weight excluding hydrogens is 773 g/mol. The molecule has 0 radical (unpaired) electrons. The van der Waals surface area contributed by atoms with Crippen LogP contribution in [0.5, 0.6) is 0 Å². The summed E-state index contributed by atoms with van der Waals surface area (Å²) < 4.78 is 7.58. The number of hydrogen-bond donors (Lipinski definition) is 1. The second-order valence-electron chi connectivity index (χ2n) is 14.4. The van der Waals surface area contributed by atoms with Gasteiger partial charge in [-0.2, -0.15) is 0 Å². The van der Waals surface area contributed by atoms with Crippen molar-refractivity contribution in [3.05, 3.63) is 142 Å². The molecule has 1 N–H and O–H groups in total. The van der Waals surface area contributed by atoms with Crippen LogP contribution in [0.3, 0.4) is 0 Å². The van der Waals surface area contributed by atoms with Crippen molar-refractivity contribution in [1.82, 2.24) is 19.9 Å². The molecule has 8 nitrogen and oxygen atoms in total. The van der Waals surface area contributed by atoms with E-state index in [4.69, 9.17) is 24.7 Å². The van der Waals surface area contributed by atoms with Crippen LogP contribution in [0.2, 0.25) is 0 Å². The molecular formula is C49H46N4O4S2. The number of aryl methyl sites for hydroxylation is 2. The number of carbonyl (C=O) groups is 2. The molecule has 2 atom stereocenters. The van der Waals surface area contributed by atoms with Crippen LogP contribution in [0.1, 0.15) is 73.9 Å². The Morgan fingerprint density at radius 3 is 1.46 bits per heavy atom. The number of carbonyl (C=O) groups excluding carboxylic acids is 1. The molecule has 4 heterocycles. The smallest absolute Gasteiger partial charge is 0.313 e. The van der Waals surface area contributed by atoms with E-state index < -0.39 is 17.8 Å². The Labute approximate surface area is 352 Å². The highest BCUT2D eigenvalue weighted by molar-refractivity contribution is 7.17. The number of hydrogen-bond acceptors (Lipinski definition) is 9. The molecule has 8 aromatic rings. The fourth-order valence-corrected chi connectivity index (χ4v) is 9.13. The lowest BCUT2D eigenvalue weighted by Gasteiger charge is -2.20. The van der Waals surface area contributed by atoms with Crippen molar-refractivity contribution >= 4 is 54.8 Å². The van der Waals surface area contributed by atoms with Gasteiger partial charge in [0, 0.05) is 54.2 Å². The molecule has 0 aliphatic heterocycles. The highest BCUT2D eigenvalue weighted by Crippen LogP contribution is 2.38. The van der Waals surface area contributed by atoms with E-state index in [0.717, 1.165) is 63.1 Å². The number of benzene rings is 4. The largest absolute Gasteiger partial charge is 0.481 e. The maximum atomic E-state index is 12.7. The zero-order chi connectivity index (χ0) is 41.5. The number of fused-ring (bicyclic) bond motifs is 2. The number of thiophene rings is 2. The van der Waals surface area contributed by atoms with Crippen molar-refractivity contribution in [1.29, 1.82) is 0 Å². The Bertz CT molecular complexity index is 2730. The summed E-state index contributed by atoms with van der Waals surface area (Å²) in [6.45, 7) is 7.92. The van der Waals surface area contributed by atoms with Gasteiger partial charge in [0.15, 0.2) is 11.6 Å². The number of esters is 1. The molecule has 0 bridgehead atoms. The van der Waals surface area contributed by atoms with Crippen molar-refractivity contribution in [2.45, 2.75) is 65.2 Å². The Hall–Kier alpha value is -6.10. The third-order valence-corrected chi connectivity index (χ3v) is 12.2. The highest BCUT2D eigenvalue weighted by Gasteiger charge is 2.29. The van der Waals surface area contributed by atoms with Gasteiger partial charge in [-0.15, -0.1) is 22.7 Å². The predicted octanol–water partition coefficient (Wildman–Crippen LogP) is 12.7. The summed E-state index contributed by atoms with van der Waals surface area (Å²) in [4.78, 5) is 44.1. The highest BCUT2D eigenvalue weighted by atomic mass is 32.1. The van der Waals surface area contributed by atoms with Gasteiger partial charge < -0.3 is 9.84 Å². The summed E-state index contributed by atoms with van der Waals surface area (Å²) in [5, 5.41) is 16.4. The first-order valence-corrected chi connectivity index (χ1v) is 21.6. The molecule has 10 heteroatoms. The van der Waals surface area contributed by atoms with Crippen LogP contribution in [-0.2, 0) is 14.3 Å². The van der Waals surface area contributed by atoms with Gasteiger partial charge in [0.05, 0.1) is 30.3 Å². The second-order valence-corrected chi connectivity index (χ2v) is 16.3. The van der Waals surface area contributed by atoms with Gasteiger partial charge in [0.2, 0.25) is 0 Å². The summed E-state index contributed by atoms with van der Waals surface area (Å²) in [5.41, 5.74) is 8.42. The van der Waals surface area contributed by atoms with E-state index in [1.54, 1.807) is 22.7 Å². The average Bonchev–Trinajstić information content (AvgIpc) is 3.94. The van der Waals surface area contributed by atoms with Crippen LogP contribution >= 0.6 is 22.7 Å². The molecule has 0 amide bonds. The molecule has 8 rings (SSSR count). The first-order chi connectivity index (χ1) is 28.7. The summed E-state index contributed by atoms with van der Waals surface area (Å²) in [7, 11) is 1.44. The predicted molar refractivity (Wildman–Crippen MR) is 241 cm³/mol. The third kappa shape index (κ3) is 8.99. The van der Waals surface area contributed by atoms with Gasteiger partial charge in [0.25, 0.3) is 0 Å². The molecule has 0 spiro atoms. The Kier molecular flexibility index (Phi) is 13.0. The van der Waals surface area contributed by atoms with E-state index in [9.17, 15) is 14.7 Å². The zero-order valence-electron chi connectivity index (χ0n) is 33.8. The normalized spacial score (nSPS) is 12.2. The van der Waals surface area contributed by atoms with E-state index >= 15 is 0 Å². The monoisotopic (exact) mass is 818 g/mol. The molecule has 4 aromatic carbocycles. The fourth-order valence-electron chi connectivity index (χ4n) is 7.59. The van der Waals surface area contributed by atoms with Crippen LogP contribution < -0.4 is 0 Å². The molecule has 298 valence electrons. The fraction of sp³-hybridized carbons (Fsp3) is 0.224. The van der Waals surface area contributed by atoms with Gasteiger partial charge in [-0.1, -0.05) is 99.5 Å². The molecule has 4 aromatic heterocycles. The number of carboxylic acid groups (broad SMARTS) is 1. The molecule has 59 heavy (non-hydrogen) atoms. The molecule has 0 aliphatic rings. The standard InChI is InChI=1S/C25H24N2O2S.C24H22N2O2S/c1-4-8-20(25(28)29-3)22-16(2)26-24(17-9-6-5-7-10-17)27-23(22)19-11-12-21-18(15-19)13-14-30-21;1-3-7-19(24(27)28)21-15(2)25-23(16-8-5-4-6-9-16)26-22(21)18-10-11-20-17(14-18)12-13-29-20/h5-7,9-15,20H,4,8H2,1-3H3;4-6,8-14,19H,3,7H2,1-2H3,(H,27,28). The van der Waals surface area contributed by atoms with Crippen LogP contribution in [0.15, 0.2) is 120 Å². The van der Waals surface area contributed by atoms with Crippen molar-refractivity contribution in [3.63, 3.8) is 0 Å². The summed E-state index contributed by atoms with van der Waals surface area (Å²) >= 11 is 3.41. The summed E-state index contributed by atoms with van der Waals surface area (Å²) in [6.07, 6.45) is 2.88. The summed E-state index contributed by atoms with van der Waals surface area (Å²) in [5.74, 6) is -0.806. The van der Waals surface area contributed by atoms with E-state index in [1.807, 2.05) is 87.5 Å². The number of aliphatic carboxylic acids is 1. The van der Waals surface area contributed by atoms with Crippen molar-refractivity contribution in [2.75, 3.05) is 7.11 Å². The SMILES string of the molecule is CCCC(C(=O)O)c1c(C)nc(-c2ccccc2)nc1-c1ccc2sccc2c1.CCCC(C(=O)OC)c1c(C)nc(-c2ccccc2)nc1-c1ccc2sccc2c1. The van der Waals surface area contributed by atoms with Crippen LogP contribution in [0.4, 0.5) is 0 Å².